The van der Waals surface area contributed by atoms with Gasteiger partial charge in [-0.05, 0) is 76.3 Å². The van der Waals surface area contributed by atoms with Crippen LogP contribution in [0, 0.1) is 0 Å². The fourth-order valence-corrected chi connectivity index (χ4v) is 5.90. The van der Waals surface area contributed by atoms with E-state index in [0.29, 0.717) is 5.46 Å². The van der Waals surface area contributed by atoms with E-state index in [2.05, 4.69) is 15.9 Å². The highest BCUT2D eigenvalue weighted by Gasteiger charge is 2.40. The Hall–Kier alpha value is -1.04. The van der Waals surface area contributed by atoms with Crippen LogP contribution in [0.5, 0.6) is 5.75 Å². The van der Waals surface area contributed by atoms with Crippen LogP contribution >= 0.6 is 0 Å². The zero-order chi connectivity index (χ0) is 20.3. The first-order valence-electron chi connectivity index (χ1n) is 11.7. The van der Waals surface area contributed by atoms with E-state index in [1.165, 1.54) is 45.2 Å². The van der Waals surface area contributed by atoms with Crippen molar-refractivity contribution in [3.63, 3.8) is 0 Å². The number of benzene rings is 1. The topological polar surface area (TPSA) is 35.9 Å². The third-order valence-electron chi connectivity index (χ3n) is 7.68. The normalized spacial score (nSPS) is 25.2. The summed E-state index contributed by atoms with van der Waals surface area (Å²) < 4.78 is 5.36. The SMILES string of the molecule is [B]c1cc(C(CN2CCC(N3CCCC3)CC2)C2(O)CCCCC2)ccc1OC. The van der Waals surface area contributed by atoms with Crippen molar-refractivity contribution in [1.29, 1.82) is 0 Å². The molecule has 5 heteroatoms. The van der Waals surface area contributed by atoms with Gasteiger partial charge in [0.05, 0.1) is 12.7 Å². The van der Waals surface area contributed by atoms with E-state index in [4.69, 9.17) is 12.6 Å². The molecule has 2 heterocycles. The molecular weight excluding hydrogens is 359 g/mol. The van der Waals surface area contributed by atoms with Crippen LogP contribution < -0.4 is 10.2 Å². The van der Waals surface area contributed by atoms with Gasteiger partial charge < -0.3 is 19.6 Å². The summed E-state index contributed by atoms with van der Waals surface area (Å²) in [5, 5.41) is 11.7. The summed E-state index contributed by atoms with van der Waals surface area (Å²) in [6.07, 6.45) is 10.5. The van der Waals surface area contributed by atoms with E-state index in [0.717, 1.165) is 62.7 Å². The molecule has 1 aromatic rings. The van der Waals surface area contributed by atoms with E-state index in [1.807, 2.05) is 12.1 Å². The average molecular weight is 396 g/mol. The second kappa shape index (κ2) is 9.41. The molecule has 1 aromatic carbocycles. The molecule has 2 radical (unpaired) electrons. The number of hydrogen-bond donors (Lipinski definition) is 1. The first-order valence-corrected chi connectivity index (χ1v) is 11.7. The molecule has 29 heavy (non-hydrogen) atoms. The number of likely N-dealkylation sites (tertiary alicyclic amines) is 2. The van der Waals surface area contributed by atoms with Gasteiger partial charge in [-0.3, -0.25) is 0 Å². The maximum atomic E-state index is 11.7. The smallest absolute Gasteiger partial charge is 0.119 e. The maximum absolute atomic E-state index is 11.7. The van der Waals surface area contributed by atoms with E-state index < -0.39 is 5.60 Å². The van der Waals surface area contributed by atoms with E-state index in [9.17, 15) is 5.11 Å². The van der Waals surface area contributed by atoms with Crippen molar-refractivity contribution in [1.82, 2.24) is 9.80 Å². The molecule has 2 aliphatic heterocycles. The number of hydrogen-bond acceptors (Lipinski definition) is 4. The van der Waals surface area contributed by atoms with Crippen molar-refractivity contribution in [2.75, 3.05) is 39.8 Å². The molecule has 4 rings (SSSR count). The van der Waals surface area contributed by atoms with Crippen LogP contribution in [0.25, 0.3) is 0 Å². The van der Waals surface area contributed by atoms with Crippen LogP contribution in [0.4, 0.5) is 0 Å². The molecule has 0 spiro atoms. The van der Waals surface area contributed by atoms with Crippen molar-refractivity contribution in [2.45, 2.75) is 75.3 Å². The summed E-state index contributed by atoms with van der Waals surface area (Å²) in [5.41, 5.74) is 1.21. The first-order chi connectivity index (χ1) is 14.1. The molecule has 158 valence electrons. The van der Waals surface area contributed by atoms with Gasteiger partial charge in [0.25, 0.3) is 0 Å². The van der Waals surface area contributed by atoms with Gasteiger partial charge in [0.15, 0.2) is 0 Å². The number of aliphatic hydroxyl groups is 1. The fraction of sp³-hybridized carbons (Fsp3) is 0.750. The standard InChI is InChI=1S/C24H37BN2O2/c1-29-23-8-7-19(17-22(23)25)21(24(28)11-3-2-4-12-24)18-26-15-9-20(10-16-26)27-13-5-6-14-27/h7-8,17,20-21,28H,2-6,9-16,18H2,1H3. The molecule has 1 N–H and O–H groups in total. The Kier molecular flexibility index (Phi) is 6.88. The van der Waals surface area contributed by atoms with Gasteiger partial charge in [-0.2, -0.15) is 0 Å². The minimum Gasteiger partial charge on any atom is -0.497 e. The Bertz CT molecular complexity index is 663. The molecule has 1 atom stereocenters. The van der Waals surface area contributed by atoms with Crippen molar-refractivity contribution in [2.24, 2.45) is 0 Å². The van der Waals surface area contributed by atoms with Gasteiger partial charge in [-0.25, -0.2) is 0 Å². The second-order valence-corrected chi connectivity index (χ2v) is 9.49. The van der Waals surface area contributed by atoms with Crippen LogP contribution in [0.15, 0.2) is 18.2 Å². The third kappa shape index (κ3) is 4.83. The summed E-state index contributed by atoms with van der Waals surface area (Å²) in [6.45, 7) is 5.78. The number of piperidine rings is 1. The van der Waals surface area contributed by atoms with Crippen LogP contribution in [-0.4, -0.2) is 74.2 Å². The van der Waals surface area contributed by atoms with Gasteiger partial charge in [-0.1, -0.05) is 36.9 Å². The molecule has 1 saturated carbocycles. The molecule has 1 unspecified atom stereocenters. The Morgan fingerprint density at radius 3 is 2.38 bits per heavy atom. The number of rotatable bonds is 6. The monoisotopic (exact) mass is 396 g/mol. The van der Waals surface area contributed by atoms with E-state index in [1.54, 1.807) is 7.11 Å². The molecule has 2 saturated heterocycles. The Labute approximate surface area is 178 Å². The van der Waals surface area contributed by atoms with E-state index in [-0.39, 0.29) is 5.92 Å². The number of methoxy groups -OCH3 is 1. The van der Waals surface area contributed by atoms with Gasteiger partial charge in [0, 0.05) is 18.5 Å². The lowest BCUT2D eigenvalue weighted by Gasteiger charge is -2.44. The molecular formula is C24H37BN2O2. The van der Waals surface area contributed by atoms with E-state index >= 15 is 0 Å². The molecule has 3 fully saturated rings. The van der Waals surface area contributed by atoms with Crippen LogP contribution in [0.2, 0.25) is 0 Å². The highest BCUT2D eigenvalue weighted by molar-refractivity contribution is 6.34. The molecule has 1 aliphatic carbocycles. The molecule has 0 bridgehead atoms. The Morgan fingerprint density at radius 1 is 1.07 bits per heavy atom. The first kappa shape index (κ1) is 21.2. The van der Waals surface area contributed by atoms with Crippen LogP contribution in [0.3, 0.4) is 0 Å². The predicted octanol–water partition coefficient (Wildman–Crippen LogP) is 2.83. The summed E-state index contributed by atoms with van der Waals surface area (Å²) in [6, 6.07) is 6.88. The third-order valence-corrected chi connectivity index (χ3v) is 7.68. The zero-order valence-electron chi connectivity index (χ0n) is 18.1. The summed E-state index contributed by atoms with van der Waals surface area (Å²) in [5.74, 6) is 0.828. The second-order valence-electron chi connectivity index (χ2n) is 9.49. The lowest BCUT2D eigenvalue weighted by Crippen LogP contribution is -2.49. The molecule has 0 aromatic heterocycles. The quantitative estimate of drug-likeness (QED) is 0.751. The Balaban J connectivity index is 1.48. The summed E-state index contributed by atoms with van der Waals surface area (Å²) >= 11 is 0. The number of ether oxygens (including phenoxy) is 1. The molecule has 0 amide bonds. The van der Waals surface area contributed by atoms with Crippen molar-refractivity contribution < 1.29 is 9.84 Å². The highest BCUT2D eigenvalue weighted by atomic mass is 16.5. The molecule has 4 nitrogen and oxygen atoms in total. The Morgan fingerprint density at radius 2 is 1.76 bits per heavy atom. The lowest BCUT2D eigenvalue weighted by molar-refractivity contribution is -0.0338. The van der Waals surface area contributed by atoms with Crippen molar-refractivity contribution in [3.8, 4) is 5.75 Å². The van der Waals surface area contributed by atoms with Crippen molar-refractivity contribution in [3.05, 3.63) is 23.8 Å². The van der Waals surface area contributed by atoms with Gasteiger partial charge in [0.2, 0.25) is 0 Å². The van der Waals surface area contributed by atoms with Crippen molar-refractivity contribution >= 4 is 13.3 Å². The lowest BCUT2D eigenvalue weighted by atomic mass is 9.71. The van der Waals surface area contributed by atoms with Crippen LogP contribution in [-0.2, 0) is 0 Å². The van der Waals surface area contributed by atoms with Gasteiger partial charge in [-0.15, -0.1) is 0 Å². The largest absolute Gasteiger partial charge is 0.497 e. The minimum atomic E-state index is -0.620. The molecule has 3 aliphatic rings. The number of nitrogens with zero attached hydrogens (tertiary/aromatic N) is 2. The minimum absolute atomic E-state index is 0.111. The summed E-state index contributed by atoms with van der Waals surface area (Å²) in [7, 11) is 7.89. The van der Waals surface area contributed by atoms with Gasteiger partial charge in [0.1, 0.15) is 13.6 Å². The maximum Gasteiger partial charge on any atom is 0.119 e. The summed E-state index contributed by atoms with van der Waals surface area (Å²) in [4.78, 5) is 5.29. The van der Waals surface area contributed by atoms with Crippen LogP contribution in [0.1, 0.15) is 69.3 Å². The highest BCUT2D eigenvalue weighted by Crippen LogP contribution is 2.41. The fourth-order valence-electron chi connectivity index (χ4n) is 5.90. The average Bonchev–Trinajstić information content (AvgIpc) is 3.28. The predicted molar refractivity (Wildman–Crippen MR) is 119 cm³/mol. The van der Waals surface area contributed by atoms with Gasteiger partial charge >= 0.3 is 0 Å². The zero-order valence-corrected chi connectivity index (χ0v) is 18.1.